The highest BCUT2D eigenvalue weighted by Gasteiger charge is 2.21. The standard InChI is InChI=1S/C18H20N6O2/c1-13-21-22-17(26-13)12-23-7-2-8-24(10-9-23)18(25)14-3-4-15-16(11-14)20-6-5-19-15/h3-6,11H,2,7-10,12H2,1H3. The van der Waals surface area contributed by atoms with E-state index in [1.165, 1.54) is 0 Å². The highest BCUT2D eigenvalue weighted by Crippen LogP contribution is 2.15. The molecule has 1 aromatic carbocycles. The average molecular weight is 352 g/mol. The molecule has 0 radical (unpaired) electrons. The van der Waals surface area contributed by atoms with E-state index in [4.69, 9.17) is 4.42 Å². The van der Waals surface area contributed by atoms with E-state index in [1.54, 1.807) is 19.3 Å². The van der Waals surface area contributed by atoms with Crippen LogP contribution in [0.15, 0.2) is 35.0 Å². The molecule has 0 aliphatic carbocycles. The number of nitrogens with zero attached hydrogens (tertiary/aromatic N) is 6. The fourth-order valence-electron chi connectivity index (χ4n) is 3.20. The van der Waals surface area contributed by atoms with E-state index < -0.39 is 0 Å². The SMILES string of the molecule is Cc1nnc(CN2CCCN(C(=O)c3ccc4nccnc4c3)CC2)o1. The van der Waals surface area contributed by atoms with Crippen molar-refractivity contribution in [3.05, 3.63) is 47.9 Å². The molecule has 4 rings (SSSR count). The van der Waals surface area contributed by atoms with E-state index in [1.807, 2.05) is 23.1 Å². The number of fused-ring (bicyclic) bond motifs is 1. The van der Waals surface area contributed by atoms with Crippen molar-refractivity contribution in [3.63, 3.8) is 0 Å². The van der Waals surface area contributed by atoms with Gasteiger partial charge in [0.1, 0.15) is 0 Å². The van der Waals surface area contributed by atoms with E-state index in [2.05, 4.69) is 25.1 Å². The Morgan fingerprint density at radius 2 is 1.92 bits per heavy atom. The molecule has 26 heavy (non-hydrogen) atoms. The summed E-state index contributed by atoms with van der Waals surface area (Å²) in [4.78, 5) is 25.6. The molecule has 0 spiro atoms. The van der Waals surface area contributed by atoms with Crippen LogP contribution in [0.3, 0.4) is 0 Å². The van der Waals surface area contributed by atoms with Crippen molar-refractivity contribution in [2.75, 3.05) is 26.2 Å². The highest BCUT2D eigenvalue weighted by atomic mass is 16.4. The van der Waals surface area contributed by atoms with E-state index in [0.29, 0.717) is 30.4 Å². The Balaban J connectivity index is 1.43. The lowest BCUT2D eigenvalue weighted by atomic mass is 10.1. The number of rotatable bonds is 3. The Morgan fingerprint density at radius 3 is 2.73 bits per heavy atom. The van der Waals surface area contributed by atoms with E-state index in [-0.39, 0.29) is 5.91 Å². The second-order valence-electron chi connectivity index (χ2n) is 6.40. The van der Waals surface area contributed by atoms with Crippen LogP contribution < -0.4 is 0 Å². The number of amides is 1. The number of carbonyl (C=O) groups is 1. The number of carbonyl (C=O) groups excluding carboxylic acids is 1. The third-order valence-corrected chi connectivity index (χ3v) is 4.52. The summed E-state index contributed by atoms with van der Waals surface area (Å²) in [6, 6.07) is 5.48. The summed E-state index contributed by atoms with van der Waals surface area (Å²) in [7, 11) is 0. The van der Waals surface area contributed by atoms with Gasteiger partial charge in [-0.25, -0.2) is 0 Å². The summed E-state index contributed by atoms with van der Waals surface area (Å²) in [6.07, 6.45) is 4.20. The molecule has 1 amide bonds. The first-order valence-electron chi connectivity index (χ1n) is 8.70. The van der Waals surface area contributed by atoms with Crippen LogP contribution in [-0.4, -0.2) is 62.1 Å². The topological polar surface area (TPSA) is 88.3 Å². The lowest BCUT2D eigenvalue weighted by molar-refractivity contribution is 0.0761. The van der Waals surface area contributed by atoms with Gasteiger partial charge in [0.2, 0.25) is 11.8 Å². The van der Waals surface area contributed by atoms with Crippen LogP contribution in [0.25, 0.3) is 11.0 Å². The van der Waals surface area contributed by atoms with E-state index in [0.717, 1.165) is 37.1 Å². The van der Waals surface area contributed by atoms with Crippen LogP contribution in [0.1, 0.15) is 28.6 Å². The molecule has 8 heteroatoms. The zero-order chi connectivity index (χ0) is 17.9. The van der Waals surface area contributed by atoms with Gasteiger partial charge in [-0.2, -0.15) is 0 Å². The molecular weight excluding hydrogens is 332 g/mol. The summed E-state index contributed by atoms with van der Waals surface area (Å²) < 4.78 is 5.45. The van der Waals surface area contributed by atoms with Gasteiger partial charge in [0.25, 0.3) is 5.91 Å². The molecule has 0 bridgehead atoms. The van der Waals surface area contributed by atoms with Crippen LogP contribution >= 0.6 is 0 Å². The van der Waals surface area contributed by atoms with Gasteiger partial charge in [-0.1, -0.05) is 0 Å². The van der Waals surface area contributed by atoms with E-state index >= 15 is 0 Å². The van der Waals surface area contributed by atoms with Gasteiger partial charge in [-0.15, -0.1) is 10.2 Å². The maximum Gasteiger partial charge on any atom is 0.253 e. The predicted molar refractivity (Wildman–Crippen MR) is 94.4 cm³/mol. The van der Waals surface area contributed by atoms with Gasteiger partial charge in [-0.05, 0) is 24.6 Å². The first-order chi connectivity index (χ1) is 12.7. The van der Waals surface area contributed by atoms with Crippen molar-refractivity contribution in [1.29, 1.82) is 0 Å². The minimum absolute atomic E-state index is 0.0352. The van der Waals surface area contributed by atoms with Crippen molar-refractivity contribution in [2.24, 2.45) is 0 Å². The van der Waals surface area contributed by atoms with Crippen LogP contribution in [0, 0.1) is 6.92 Å². The Kier molecular flexibility index (Phi) is 4.57. The van der Waals surface area contributed by atoms with Crippen LogP contribution in [0.4, 0.5) is 0 Å². The van der Waals surface area contributed by atoms with Gasteiger partial charge >= 0.3 is 0 Å². The van der Waals surface area contributed by atoms with Crippen molar-refractivity contribution < 1.29 is 9.21 Å². The molecule has 0 N–H and O–H groups in total. The third kappa shape index (κ3) is 3.55. The largest absolute Gasteiger partial charge is 0.424 e. The Hall–Kier alpha value is -2.87. The zero-order valence-electron chi connectivity index (χ0n) is 14.6. The molecule has 0 unspecified atom stereocenters. The molecule has 0 atom stereocenters. The molecule has 2 aromatic heterocycles. The van der Waals surface area contributed by atoms with Gasteiger partial charge in [-0.3, -0.25) is 19.7 Å². The number of aromatic nitrogens is 4. The first-order valence-corrected chi connectivity index (χ1v) is 8.70. The third-order valence-electron chi connectivity index (χ3n) is 4.52. The maximum atomic E-state index is 12.9. The van der Waals surface area contributed by atoms with E-state index in [9.17, 15) is 4.79 Å². The minimum Gasteiger partial charge on any atom is -0.424 e. The average Bonchev–Trinajstić information content (AvgIpc) is 2.93. The lowest BCUT2D eigenvalue weighted by Crippen LogP contribution is -2.35. The van der Waals surface area contributed by atoms with Crippen molar-refractivity contribution in [2.45, 2.75) is 19.9 Å². The Morgan fingerprint density at radius 1 is 1.08 bits per heavy atom. The minimum atomic E-state index is 0.0352. The maximum absolute atomic E-state index is 12.9. The zero-order valence-corrected chi connectivity index (χ0v) is 14.6. The number of benzene rings is 1. The van der Waals surface area contributed by atoms with Crippen molar-refractivity contribution in [3.8, 4) is 0 Å². The quantitative estimate of drug-likeness (QED) is 0.708. The molecule has 1 saturated heterocycles. The van der Waals surface area contributed by atoms with Gasteiger partial charge in [0.05, 0.1) is 17.6 Å². The normalized spacial score (nSPS) is 16.0. The molecule has 1 fully saturated rings. The summed E-state index contributed by atoms with van der Waals surface area (Å²) in [5.74, 6) is 1.23. The number of aryl methyl sites for hydroxylation is 1. The lowest BCUT2D eigenvalue weighted by Gasteiger charge is -2.21. The molecule has 8 nitrogen and oxygen atoms in total. The highest BCUT2D eigenvalue weighted by molar-refractivity contribution is 5.97. The Bertz CT molecular complexity index is 925. The van der Waals surface area contributed by atoms with Crippen LogP contribution in [-0.2, 0) is 6.54 Å². The fourth-order valence-corrected chi connectivity index (χ4v) is 3.20. The molecule has 3 heterocycles. The predicted octanol–water partition coefficient (Wildman–Crippen LogP) is 1.67. The summed E-state index contributed by atoms with van der Waals surface area (Å²) >= 11 is 0. The monoisotopic (exact) mass is 352 g/mol. The molecule has 134 valence electrons. The second kappa shape index (κ2) is 7.17. The summed E-state index contributed by atoms with van der Waals surface area (Å²) in [5, 5.41) is 7.91. The summed E-state index contributed by atoms with van der Waals surface area (Å²) in [6.45, 7) is 5.48. The van der Waals surface area contributed by atoms with Gasteiger partial charge in [0, 0.05) is 51.1 Å². The molecule has 1 aliphatic rings. The first kappa shape index (κ1) is 16.6. The molecular formula is C18H20N6O2. The molecule has 3 aromatic rings. The van der Waals surface area contributed by atoms with Crippen LogP contribution in [0.2, 0.25) is 0 Å². The Labute approximate surface area is 150 Å². The van der Waals surface area contributed by atoms with Gasteiger partial charge in [0.15, 0.2) is 0 Å². The molecule has 1 aliphatic heterocycles. The van der Waals surface area contributed by atoms with Gasteiger partial charge < -0.3 is 9.32 Å². The smallest absolute Gasteiger partial charge is 0.253 e. The van der Waals surface area contributed by atoms with Crippen molar-refractivity contribution in [1.82, 2.24) is 30.0 Å². The van der Waals surface area contributed by atoms with Crippen LogP contribution in [0.5, 0.6) is 0 Å². The fraction of sp³-hybridized carbons (Fsp3) is 0.389. The summed E-state index contributed by atoms with van der Waals surface area (Å²) in [5.41, 5.74) is 2.18. The number of hydrogen-bond donors (Lipinski definition) is 0. The number of hydrogen-bond acceptors (Lipinski definition) is 7. The molecule has 0 saturated carbocycles. The van der Waals surface area contributed by atoms with Crippen molar-refractivity contribution >= 4 is 16.9 Å². The second-order valence-corrected chi connectivity index (χ2v) is 6.40.